The lowest BCUT2D eigenvalue weighted by Gasteiger charge is -2.46. The minimum Gasteiger partial charge on any atom is -0.478 e. The molecule has 23 heavy (non-hydrogen) atoms. The van der Waals surface area contributed by atoms with Gasteiger partial charge in [-0.15, -0.1) is 0 Å². The molecule has 0 aromatic carbocycles. The zero-order valence-corrected chi connectivity index (χ0v) is 10.9. The summed E-state index contributed by atoms with van der Waals surface area (Å²) in [6.07, 6.45) is -18.8. The molecule has 0 fully saturated rings. The van der Waals surface area contributed by atoms with Crippen LogP contribution in [-0.2, 0) is 4.79 Å². The summed E-state index contributed by atoms with van der Waals surface area (Å²) in [5.74, 6) is -9.54. The maximum Gasteiger partial charge on any atom is 0.429 e. The van der Waals surface area contributed by atoms with Gasteiger partial charge in [-0.05, 0) is 6.92 Å². The number of alkyl halides is 10. The monoisotopic (exact) mass is 366 g/mol. The van der Waals surface area contributed by atoms with Crippen molar-refractivity contribution in [2.24, 2.45) is 5.41 Å². The molecule has 2 atom stereocenters. The van der Waals surface area contributed by atoms with Gasteiger partial charge in [-0.3, -0.25) is 0 Å². The number of aliphatic carboxylic acids is 1. The number of carbonyl (C=O) groups is 1. The molecule has 0 amide bonds. The van der Waals surface area contributed by atoms with Crippen LogP contribution >= 0.6 is 0 Å². The van der Waals surface area contributed by atoms with Crippen molar-refractivity contribution in [3.05, 3.63) is 12.2 Å². The molecule has 0 aromatic rings. The Balaban J connectivity index is 6.81. The van der Waals surface area contributed by atoms with Gasteiger partial charge in [0.25, 0.3) is 12.0 Å². The van der Waals surface area contributed by atoms with Crippen molar-refractivity contribution in [1.29, 1.82) is 0 Å². The molecule has 2 unspecified atom stereocenters. The Morgan fingerprint density at radius 3 is 1.48 bits per heavy atom. The van der Waals surface area contributed by atoms with E-state index in [1.54, 1.807) is 0 Å². The normalized spacial score (nSPS) is 19.2. The van der Waals surface area contributed by atoms with Crippen molar-refractivity contribution in [1.82, 2.24) is 0 Å². The predicted molar refractivity (Wildman–Crippen MR) is 52.9 cm³/mol. The highest BCUT2D eigenvalue weighted by Crippen LogP contribution is 2.61. The molecule has 0 aliphatic heterocycles. The van der Waals surface area contributed by atoms with Gasteiger partial charge in [-0.2, -0.15) is 26.3 Å². The summed E-state index contributed by atoms with van der Waals surface area (Å²) in [6, 6.07) is 0. The van der Waals surface area contributed by atoms with E-state index in [4.69, 9.17) is 10.2 Å². The molecule has 136 valence electrons. The first-order valence-corrected chi connectivity index (χ1v) is 5.24. The van der Waals surface area contributed by atoms with E-state index in [0.717, 1.165) is 0 Å². The van der Waals surface area contributed by atoms with Crippen LogP contribution in [0.3, 0.4) is 0 Å². The first-order chi connectivity index (χ1) is 9.80. The minimum atomic E-state index is -6.92. The van der Waals surface area contributed by atoms with E-state index in [1.165, 1.54) is 0 Å². The zero-order valence-electron chi connectivity index (χ0n) is 10.9. The average Bonchev–Trinajstić information content (AvgIpc) is 2.31. The number of aliphatic hydroxyl groups is 1. The smallest absolute Gasteiger partial charge is 0.429 e. The molecule has 3 nitrogen and oxygen atoms in total. The number of carboxylic acid groups (broad SMARTS) is 1. The Hall–Kier alpha value is -1.53. The predicted octanol–water partition coefficient (Wildman–Crippen LogP) is 3.39. The molecule has 0 saturated heterocycles. The zero-order chi connectivity index (χ0) is 19.2. The highest BCUT2D eigenvalue weighted by molar-refractivity contribution is 5.88. The first kappa shape index (κ1) is 21.5. The second-order valence-electron chi connectivity index (χ2n) is 4.55. The summed E-state index contributed by atoms with van der Waals surface area (Å²) >= 11 is 0. The van der Waals surface area contributed by atoms with Gasteiger partial charge in [0.05, 0.1) is 5.57 Å². The molecule has 0 radical (unpaired) electrons. The molecular weight excluding hydrogens is 358 g/mol. The fourth-order valence-corrected chi connectivity index (χ4v) is 1.57. The third-order valence-electron chi connectivity index (χ3n) is 3.28. The average molecular weight is 366 g/mol. The second kappa shape index (κ2) is 5.53. The van der Waals surface area contributed by atoms with Gasteiger partial charge in [0.15, 0.2) is 5.41 Å². The lowest BCUT2D eigenvalue weighted by atomic mass is 9.69. The topological polar surface area (TPSA) is 57.5 Å². The van der Waals surface area contributed by atoms with Crippen molar-refractivity contribution >= 4 is 5.97 Å². The van der Waals surface area contributed by atoms with Crippen LogP contribution < -0.4 is 0 Å². The van der Waals surface area contributed by atoms with E-state index in [0.29, 0.717) is 0 Å². The van der Waals surface area contributed by atoms with E-state index in [1.807, 2.05) is 0 Å². The van der Waals surface area contributed by atoms with Gasteiger partial charge in [0, 0.05) is 0 Å². The van der Waals surface area contributed by atoms with E-state index >= 15 is 0 Å². The van der Waals surface area contributed by atoms with E-state index in [9.17, 15) is 48.7 Å². The summed E-state index contributed by atoms with van der Waals surface area (Å²) in [6.45, 7) is 1.32. The molecule has 0 rings (SSSR count). The Morgan fingerprint density at radius 1 is 0.957 bits per heavy atom. The van der Waals surface area contributed by atoms with Crippen LogP contribution in [0.1, 0.15) is 6.92 Å². The van der Waals surface area contributed by atoms with Crippen LogP contribution in [0.2, 0.25) is 0 Å². The highest BCUT2D eigenvalue weighted by atomic mass is 19.4. The van der Waals surface area contributed by atoms with E-state index in [-0.39, 0.29) is 0 Å². The van der Waals surface area contributed by atoms with Crippen LogP contribution in [0.5, 0.6) is 0 Å². The maximum atomic E-state index is 13.9. The van der Waals surface area contributed by atoms with Gasteiger partial charge < -0.3 is 10.2 Å². The summed E-state index contributed by atoms with van der Waals surface area (Å²) in [4.78, 5) is 10.5. The quantitative estimate of drug-likeness (QED) is 0.579. The van der Waals surface area contributed by atoms with Gasteiger partial charge >= 0.3 is 24.2 Å². The standard InChI is InChI=1S/C10H8F10O3/c1-3(4(21)22)6(2,9(15,16)17)8(13,14)7(23,5(11)12)10(18,19)20/h5,23H,1H2,2H3,(H,21,22). The summed E-state index contributed by atoms with van der Waals surface area (Å²) < 4.78 is 129. The van der Waals surface area contributed by atoms with Crippen molar-refractivity contribution < 1.29 is 58.9 Å². The van der Waals surface area contributed by atoms with Gasteiger partial charge in [0.2, 0.25) is 0 Å². The van der Waals surface area contributed by atoms with E-state index in [2.05, 4.69) is 6.58 Å². The molecule has 0 heterocycles. The lowest BCUT2D eigenvalue weighted by Crippen LogP contribution is -2.72. The molecule has 2 N–H and O–H groups in total. The van der Waals surface area contributed by atoms with Crippen molar-refractivity contribution in [3.8, 4) is 0 Å². The van der Waals surface area contributed by atoms with Crippen LogP contribution in [0.15, 0.2) is 12.2 Å². The maximum absolute atomic E-state index is 13.9. The SMILES string of the molecule is C=C(C(=O)O)C(C)(C(F)(F)F)C(F)(F)C(O)(C(F)F)C(F)(F)F. The van der Waals surface area contributed by atoms with Gasteiger partial charge in [-0.25, -0.2) is 22.4 Å². The highest BCUT2D eigenvalue weighted by Gasteiger charge is 2.85. The molecule has 0 spiro atoms. The molecule has 13 heteroatoms. The van der Waals surface area contributed by atoms with Gasteiger partial charge in [0.1, 0.15) is 0 Å². The van der Waals surface area contributed by atoms with Crippen LogP contribution in [-0.4, -0.2) is 46.5 Å². The lowest BCUT2D eigenvalue weighted by molar-refractivity contribution is -0.408. The molecule has 0 saturated carbocycles. The Bertz CT molecular complexity index is 494. The fourth-order valence-electron chi connectivity index (χ4n) is 1.57. The summed E-state index contributed by atoms with van der Waals surface area (Å²) in [7, 11) is 0. The summed E-state index contributed by atoms with van der Waals surface area (Å²) in [5, 5.41) is 17.1. The fraction of sp³-hybridized carbons (Fsp3) is 0.700. The van der Waals surface area contributed by atoms with Crippen molar-refractivity contribution in [2.45, 2.75) is 37.2 Å². The van der Waals surface area contributed by atoms with Crippen LogP contribution in [0, 0.1) is 5.41 Å². The molecule has 0 aliphatic carbocycles. The number of hydrogen-bond acceptors (Lipinski definition) is 2. The molecule has 0 aliphatic rings. The number of carboxylic acids is 1. The molecular formula is C10H8F10O3. The molecule has 0 aromatic heterocycles. The largest absolute Gasteiger partial charge is 0.478 e. The third-order valence-corrected chi connectivity index (χ3v) is 3.28. The molecule has 0 bridgehead atoms. The number of rotatable bonds is 5. The Morgan fingerprint density at radius 2 is 1.30 bits per heavy atom. The number of halogens is 10. The first-order valence-electron chi connectivity index (χ1n) is 5.24. The number of hydrogen-bond donors (Lipinski definition) is 2. The van der Waals surface area contributed by atoms with Crippen molar-refractivity contribution in [2.75, 3.05) is 0 Å². The minimum absolute atomic E-state index is 0.775. The summed E-state index contributed by atoms with van der Waals surface area (Å²) in [5.41, 5.74) is -14.4. The van der Waals surface area contributed by atoms with Crippen LogP contribution in [0.25, 0.3) is 0 Å². The Kier molecular flexibility index (Phi) is 5.16. The van der Waals surface area contributed by atoms with Gasteiger partial charge in [-0.1, -0.05) is 6.58 Å². The Labute approximate surface area is 121 Å². The van der Waals surface area contributed by atoms with E-state index < -0.39 is 54.2 Å². The third kappa shape index (κ3) is 2.74. The second-order valence-corrected chi connectivity index (χ2v) is 4.55. The van der Waals surface area contributed by atoms with Crippen molar-refractivity contribution in [3.63, 3.8) is 0 Å². The van der Waals surface area contributed by atoms with Crippen LogP contribution in [0.4, 0.5) is 43.9 Å².